The van der Waals surface area contributed by atoms with Gasteiger partial charge in [-0.2, -0.15) is 9.29 Å². The fourth-order valence-corrected chi connectivity index (χ4v) is 3.64. The highest BCUT2D eigenvalue weighted by atomic mass is 32.2. The van der Waals surface area contributed by atoms with Gasteiger partial charge >= 0.3 is 0 Å². The zero-order valence-electron chi connectivity index (χ0n) is 14.1. The monoisotopic (exact) mass is 357 g/mol. The molecular formula is C18H19N3O3S. The summed E-state index contributed by atoms with van der Waals surface area (Å²) in [6, 6.07) is 16.8. The molecule has 0 saturated carbocycles. The number of hydrogen-bond donors (Lipinski definition) is 0. The van der Waals surface area contributed by atoms with E-state index in [0.717, 1.165) is 16.7 Å². The molecule has 3 aromatic rings. The van der Waals surface area contributed by atoms with E-state index in [2.05, 4.69) is 10.1 Å². The van der Waals surface area contributed by atoms with Crippen molar-refractivity contribution in [2.24, 2.45) is 0 Å². The summed E-state index contributed by atoms with van der Waals surface area (Å²) in [5.41, 5.74) is 2.55. The Bertz CT molecular complexity index is 952. The predicted octanol–water partition coefficient (Wildman–Crippen LogP) is 3.01. The minimum Gasteiger partial charge on any atom is -0.338 e. The second kappa shape index (κ2) is 7.16. The first-order valence-electron chi connectivity index (χ1n) is 7.82. The summed E-state index contributed by atoms with van der Waals surface area (Å²) in [6.45, 7) is 1.93. The fourth-order valence-electron chi connectivity index (χ4n) is 2.39. The fraction of sp³-hybridized carbons (Fsp3) is 0.222. The molecule has 3 rings (SSSR count). The standard InChI is InChI=1S/C18H19N3O3S/c1-14-8-6-7-11-16(14)13-25(22,23)21(2)12-17-19-18(20-24-17)15-9-4-3-5-10-15/h3-11H,12-13H2,1-2H3. The van der Waals surface area contributed by atoms with Crippen LogP contribution in [-0.2, 0) is 22.3 Å². The van der Waals surface area contributed by atoms with Gasteiger partial charge < -0.3 is 4.52 Å². The first kappa shape index (κ1) is 17.3. The maximum absolute atomic E-state index is 12.6. The highest BCUT2D eigenvalue weighted by molar-refractivity contribution is 7.88. The van der Waals surface area contributed by atoms with Crippen LogP contribution in [0.1, 0.15) is 17.0 Å². The number of aromatic nitrogens is 2. The van der Waals surface area contributed by atoms with Gasteiger partial charge in [0.25, 0.3) is 0 Å². The summed E-state index contributed by atoms with van der Waals surface area (Å²) < 4.78 is 31.6. The number of sulfonamides is 1. The average molecular weight is 357 g/mol. The van der Waals surface area contributed by atoms with Crippen LogP contribution in [0.2, 0.25) is 0 Å². The Morgan fingerprint density at radius 3 is 2.44 bits per heavy atom. The lowest BCUT2D eigenvalue weighted by Gasteiger charge is -2.15. The molecule has 2 aromatic carbocycles. The molecule has 0 N–H and O–H groups in total. The molecule has 25 heavy (non-hydrogen) atoms. The van der Waals surface area contributed by atoms with Gasteiger partial charge in [-0.25, -0.2) is 8.42 Å². The van der Waals surface area contributed by atoms with Crippen LogP contribution < -0.4 is 0 Å². The second-order valence-corrected chi connectivity index (χ2v) is 7.89. The van der Waals surface area contributed by atoms with Crippen LogP contribution in [0.4, 0.5) is 0 Å². The molecule has 7 heteroatoms. The molecular weight excluding hydrogens is 338 g/mol. The van der Waals surface area contributed by atoms with E-state index in [9.17, 15) is 8.42 Å². The zero-order chi connectivity index (χ0) is 17.9. The number of hydrogen-bond acceptors (Lipinski definition) is 5. The van der Waals surface area contributed by atoms with Gasteiger partial charge in [0, 0.05) is 12.6 Å². The largest absolute Gasteiger partial charge is 0.338 e. The Balaban J connectivity index is 1.72. The van der Waals surface area contributed by atoms with Crippen LogP contribution in [0, 0.1) is 6.92 Å². The van der Waals surface area contributed by atoms with Crippen molar-refractivity contribution in [3.05, 3.63) is 71.6 Å². The lowest BCUT2D eigenvalue weighted by atomic mass is 10.1. The highest BCUT2D eigenvalue weighted by Gasteiger charge is 2.22. The maximum atomic E-state index is 12.6. The quantitative estimate of drug-likeness (QED) is 0.678. The van der Waals surface area contributed by atoms with Crippen LogP contribution in [-0.4, -0.2) is 29.9 Å². The molecule has 0 spiro atoms. The molecule has 0 radical (unpaired) electrons. The van der Waals surface area contributed by atoms with E-state index < -0.39 is 10.0 Å². The van der Waals surface area contributed by atoms with Crippen molar-refractivity contribution in [1.82, 2.24) is 14.4 Å². The Morgan fingerprint density at radius 2 is 1.72 bits per heavy atom. The third kappa shape index (κ3) is 4.12. The third-order valence-corrected chi connectivity index (χ3v) is 5.69. The van der Waals surface area contributed by atoms with Gasteiger partial charge in [-0.15, -0.1) is 0 Å². The van der Waals surface area contributed by atoms with Crippen molar-refractivity contribution in [2.75, 3.05) is 7.05 Å². The zero-order valence-corrected chi connectivity index (χ0v) is 14.9. The highest BCUT2D eigenvalue weighted by Crippen LogP contribution is 2.18. The first-order chi connectivity index (χ1) is 12.0. The topological polar surface area (TPSA) is 76.3 Å². The average Bonchev–Trinajstić information content (AvgIpc) is 3.06. The smallest absolute Gasteiger partial charge is 0.242 e. The summed E-state index contributed by atoms with van der Waals surface area (Å²) in [5, 5.41) is 3.91. The predicted molar refractivity (Wildman–Crippen MR) is 95.0 cm³/mol. The van der Waals surface area contributed by atoms with Crippen molar-refractivity contribution >= 4 is 10.0 Å². The lowest BCUT2D eigenvalue weighted by Crippen LogP contribution is -2.28. The van der Waals surface area contributed by atoms with Gasteiger partial charge in [0.05, 0.1) is 12.3 Å². The number of aryl methyl sites for hydroxylation is 1. The van der Waals surface area contributed by atoms with Crippen molar-refractivity contribution in [1.29, 1.82) is 0 Å². The molecule has 1 aromatic heterocycles. The van der Waals surface area contributed by atoms with Gasteiger partial charge in [-0.1, -0.05) is 59.8 Å². The van der Waals surface area contributed by atoms with E-state index in [4.69, 9.17) is 4.52 Å². The summed E-state index contributed by atoms with van der Waals surface area (Å²) in [4.78, 5) is 4.27. The Kier molecular flexibility index (Phi) is 4.96. The number of benzene rings is 2. The van der Waals surface area contributed by atoms with Crippen LogP contribution >= 0.6 is 0 Å². The number of rotatable bonds is 6. The first-order valence-corrected chi connectivity index (χ1v) is 9.43. The van der Waals surface area contributed by atoms with Crippen molar-refractivity contribution < 1.29 is 12.9 Å². The molecule has 0 amide bonds. The van der Waals surface area contributed by atoms with E-state index >= 15 is 0 Å². The third-order valence-electron chi connectivity index (χ3n) is 3.93. The molecule has 6 nitrogen and oxygen atoms in total. The Hall–Kier alpha value is -2.51. The summed E-state index contributed by atoms with van der Waals surface area (Å²) in [5.74, 6) is 0.644. The van der Waals surface area contributed by atoms with Crippen molar-refractivity contribution in [2.45, 2.75) is 19.2 Å². The SMILES string of the molecule is Cc1ccccc1CS(=O)(=O)N(C)Cc1nc(-c2ccccc2)no1. The second-order valence-electron chi connectivity index (χ2n) is 5.82. The van der Waals surface area contributed by atoms with Gasteiger partial charge in [0.1, 0.15) is 0 Å². The van der Waals surface area contributed by atoms with Crippen LogP contribution in [0.3, 0.4) is 0 Å². The molecule has 0 saturated heterocycles. The molecule has 0 atom stereocenters. The van der Waals surface area contributed by atoms with Crippen molar-refractivity contribution in [3.63, 3.8) is 0 Å². The molecule has 1 heterocycles. The number of nitrogens with zero attached hydrogens (tertiary/aromatic N) is 3. The maximum Gasteiger partial charge on any atom is 0.242 e. The van der Waals surface area contributed by atoms with Crippen LogP contribution in [0.15, 0.2) is 59.1 Å². The minimum absolute atomic E-state index is 0.0358. The van der Waals surface area contributed by atoms with E-state index in [1.807, 2.05) is 61.5 Å². The van der Waals surface area contributed by atoms with E-state index in [1.54, 1.807) is 0 Å². The van der Waals surface area contributed by atoms with Gasteiger partial charge in [-0.3, -0.25) is 0 Å². The molecule has 0 aliphatic rings. The molecule has 0 aliphatic carbocycles. The van der Waals surface area contributed by atoms with Gasteiger partial charge in [-0.05, 0) is 18.1 Å². The van der Waals surface area contributed by atoms with Crippen LogP contribution in [0.25, 0.3) is 11.4 Å². The van der Waals surface area contributed by atoms with Gasteiger partial charge in [0.15, 0.2) is 0 Å². The van der Waals surface area contributed by atoms with Crippen LogP contribution in [0.5, 0.6) is 0 Å². The van der Waals surface area contributed by atoms with E-state index in [-0.39, 0.29) is 18.2 Å². The lowest BCUT2D eigenvalue weighted by molar-refractivity contribution is 0.336. The summed E-state index contributed by atoms with van der Waals surface area (Å²) in [6.07, 6.45) is 0. The van der Waals surface area contributed by atoms with Gasteiger partial charge in [0.2, 0.25) is 21.7 Å². The Morgan fingerprint density at radius 1 is 1.04 bits per heavy atom. The van der Waals surface area contributed by atoms with E-state index in [1.165, 1.54) is 11.4 Å². The molecule has 0 unspecified atom stereocenters. The molecule has 0 aliphatic heterocycles. The molecule has 130 valence electrons. The van der Waals surface area contributed by atoms with Crippen molar-refractivity contribution in [3.8, 4) is 11.4 Å². The normalized spacial score (nSPS) is 11.8. The molecule has 0 bridgehead atoms. The summed E-state index contributed by atoms with van der Waals surface area (Å²) in [7, 11) is -1.97. The minimum atomic E-state index is -3.48. The summed E-state index contributed by atoms with van der Waals surface area (Å²) >= 11 is 0. The van der Waals surface area contributed by atoms with E-state index in [0.29, 0.717) is 5.82 Å². The molecule has 0 fully saturated rings. The Labute approximate surface area is 147 Å².